The number of nitroso groups, excluding NO2 is 2. The van der Waals surface area contributed by atoms with Crippen LogP contribution in [0, 0.1) is 9.81 Å². The topological polar surface area (TPSA) is 58.9 Å². The lowest BCUT2D eigenvalue weighted by atomic mass is 9.92. The molecule has 0 heterocycles. The highest BCUT2D eigenvalue weighted by atomic mass is 16.3. The first-order valence-corrected chi connectivity index (χ1v) is 3.51. The monoisotopic (exact) mass is 142 g/mol. The summed E-state index contributed by atoms with van der Waals surface area (Å²) in [6.07, 6.45) is 3.13. The highest BCUT2D eigenvalue weighted by Gasteiger charge is 2.22. The van der Waals surface area contributed by atoms with Gasteiger partial charge in [-0.15, -0.1) is 0 Å². The summed E-state index contributed by atoms with van der Waals surface area (Å²) in [6, 6.07) is -0.312. The Hall–Kier alpha value is -0.800. The molecule has 0 aromatic rings. The van der Waals surface area contributed by atoms with E-state index in [0.717, 1.165) is 19.3 Å². The van der Waals surface area contributed by atoms with Crippen molar-refractivity contribution in [3.8, 4) is 0 Å². The van der Waals surface area contributed by atoms with E-state index in [-0.39, 0.29) is 12.1 Å². The van der Waals surface area contributed by atoms with Crippen molar-refractivity contribution in [3.05, 3.63) is 9.81 Å². The van der Waals surface area contributed by atoms with Crippen molar-refractivity contribution >= 4 is 0 Å². The normalized spacial score (nSPS) is 33.2. The molecule has 0 aromatic heterocycles. The third kappa shape index (κ3) is 1.59. The van der Waals surface area contributed by atoms with Crippen molar-refractivity contribution in [1.29, 1.82) is 0 Å². The van der Waals surface area contributed by atoms with Crippen molar-refractivity contribution in [2.45, 2.75) is 37.8 Å². The largest absolute Gasteiger partial charge is 0.151 e. The van der Waals surface area contributed by atoms with E-state index >= 15 is 0 Å². The van der Waals surface area contributed by atoms with Crippen molar-refractivity contribution in [2.24, 2.45) is 10.4 Å². The molecule has 2 atom stereocenters. The highest BCUT2D eigenvalue weighted by Crippen LogP contribution is 2.22. The summed E-state index contributed by atoms with van der Waals surface area (Å²) in [5.74, 6) is 0. The molecule has 56 valence electrons. The molecule has 0 spiro atoms. The van der Waals surface area contributed by atoms with Crippen molar-refractivity contribution < 1.29 is 0 Å². The molecule has 4 nitrogen and oxygen atoms in total. The van der Waals surface area contributed by atoms with Gasteiger partial charge in [0.05, 0.1) is 12.1 Å². The average molecular weight is 142 g/mol. The van der Waals surface area contributed by atoms with Crippen LogP contribution in [0.25, 0.3) is 0 Å². The molecule has 0 saturated heterocycles. The van der Waals surface area contributed by atoms with Crippen LogP contribution in [0.2, 0.25) is 0 Å². The molecule has 0 radical (unpaired) electrons. The molecule has 2 unspecified atom stereocenters. The first-order valence-electron chi connectivity index (χ1n) is 3.51. The summed E-state index contributed by atoms with van der Waals surface area (Å²) in [7, 11) is 0. The van der Waals surface area contributed by atoms with Gasteiger partial charge >= 0.3 is 0 Å². The molecule has 0 amide bonds. The average Bonchev–Trinajstić information content (AvgIpc) is 2.05. The minimum absolute atomic E-state index is 0.156. The molecule has 10 heavy (non-hydrogen) atoms. The van der Waals surface area contributed by atoms with E-state index in [1.807, 2.05) is 0 Å². The van der Waals surface area contributed by atoms with E-state index in [4.69, 9.17) is 0 Å². The maximum Gasteiger partial charge on any atom is 0.0941 e. The Balaban J connectivity index is 2.38. The fourth-order valence-electron chi connectivity index (χ4n) is 1.33. The minimum atomic E-state index is -0.156. The van der Waals surface area contributed by atoms with Gasteiger partial charge in [0, 0.05) is 0 Å². The van der Waals surface area contributed by atoms with Crippen LogP contribution in [-0.4, -0.2) is 12.1 Å². The van der Waals surface area contributed by atoms with Gasteiger partial charge in [0.2, 0.25) is 0 Å². The van der Waals surface area contributed by atoms with E-state index in [1.54, 1.807) is 0 Å². The van der Waals surface area contributed by atoms with Gasteiger partial charge in [0.15, 0.2) is 0 Å². The number of hydrogen-bond donors (Lipinski definition) is 0. The van der Waals surface area contributed by atoms with E-state index in [9.17, 15) is 9.81 Å². The van der Waals surface area contributed by atoms with Crippen molar-refractivity contribution in [1.82, 2.24) is 0 Å². The SMILES string of the molecule is O=NC1CCCC(N=O)C1. The van der Waals surface area contributed by atoms with Crippen LogP contribution in [0.5, 0.6) is 0 Å². The van der Waals surface area contributed by atoms with Gasteiger partial charge < -0.3 is 0 Å². The Morgan fingerprint density at radius 1 is 1.00 bits per heavy atom. The Morgan fingerprint density at radius 2 is 1.50 bits per heavy atom. The van der Waals surface area contributed by atoms with Crippen LogP contribution in [0.3, 0.4) is 0 Å². The summed E-state index contributed by atoms with van der Waals surface area (Å²) in [4.78, 5) is 20.1. The second-order valence-electron chi connectivity index (χ2n) is 2.69. The van der Waals surface area contributed by atoms with Crippen LogP contribution < -0.4 is 0 Å². The highest BCUT2D eigenvalue weighted by molar-refractivity contribution is 4.80. The molecule has 1 aliphatic carbocycles. The van der Waals surface area contributed by atoms with Crippen molar-refractivity contribution in [2.75, 3.05) is 0 Å². The lowest BCUT2D eigenvalue weighted by Crippen LogP contribution is -2.20. The third-order valence-corrected chi connectivity index (χ3v) is 1.92. The van der Waals surface area contributed by atoms with Crippen LogP contribution >= 0.6 is 0 Å². The van der Waals surface area contributed by atoms with Gasteiger partial charge in [-0.1, -0.05) is 10.4 Å². The minimum Gasteiger partial charge on any atom is -0.151 e. The first kappa shape index (κ1) is 7.31. The zero-order valence-corrected chi connectivity index (χ0v) is 5.69. The lowest BCUT2D eigenvalue weighted by molar-refractivity contribution is 0.392. The molecule has 0 bridgehead atoms. The summed E-state index contributed by atoms with van der Waals surface area (Å²) >= 11 is 0. The van der Waals surface area contributed by atoms with Gasteiger partial charge in [-0.25, -0.2) is 0 Å². The fourth-order valence-corrected chi connectivity index (χ4v) is 1.33. The Bertz CT molecular complexity index is 124. The standard InChI is InChI=1S/C6H10N2O2/c9-7-5-2-1-3-6(4-5)8-10/h5-6H,1-4H2. The molecular weight excluding hydrogens is 132 g/mol. The van der Waals surface area contributed by atoms with Gasteiger partial charge in [0.1, 0.15) is 0 Å². The Labute approximate surface area is 58.9 Å². The van der Waals surface area contributed by atoms with Gasteiger partial charge in [-0.2, -0.15) is 9.81 Å². The Kier molecular flexibility index (Phi) is 2.48. The van der Waals surface area contributed by atoms with Crippen LogP contribution in [-0.2, 0) is 0 Å². The van der Waals surface area contributed by atoms with Crippen LogP contribution in [0.1, 0.15) is 25.7 Å². The maximum absolute atomic E-state index is 10.0. The molecule has 1 aliphatic rings. The molecule has 0 N–H and O–H groups in total. The van der Waals surface area contributed by atoms with Gasteiger partial charge in [-0.05, 0) is 25.7 Å². The van der Waals surface area contributed by atoms with Crippen LogP contribution in [0.4, 0.5) is 0 Å². The first-order chi connectivity index (χ1) is 4.86. The summed E-state index contributed by atoms with van der Waals surface area (Å²) in [5.41, 5.74) is 0. The quantitative estimate of drug-likeness (QED) is 0.552. The smallest absolute Gasteiger partial charge is 0.0941 e. The van der Waals surface area contributed by atoms with Crippen molar-refractivity contribution in [3.63, 3.8) is 0 Å². The number of nitrogens with zero attached hydrogens (tertiary/aromatic N) is 2. The molecule has 0 aliphatic heterocycles. The molecule has 1 rings (SSSR count). The van der Waals surface area contributed by atoms with E-state index in [0.29, 0.717) is 6.42 Å². The van der Waals surface area contributed by atoms with E-state index < -0.39 is 0 Å². The van der Waals surface area contributed by atoms with Gasteiger partial charge in [0.25, 0.3) is 0 Å². The predicted octanol–water partition coefficient (Wildman–Crippen LogP) is 1.83. The fraction of sp³-hybridized carbons (Fsp3) is 1.00. The predicted molar refractivity (Wildman–Crippen MR) is 37.6 cm³/mol. The number of hydrogen-bond acceptors (Lipinski definition) is 4. The lowest BCUT2D eigenvalue weighted by Gasteiger charge is -2.18. The molecule has 4 heteroatoms. The molecule has 1 fully saturated rings. The van der Waals surface area contributed by atoms with E-state index in [2.05, 4.69) is 10.4 Å². The third-order valence-electron chi connectivity index (χ3n) is 1.92. The molecule has 1 saturated carbocycles. The molecular formula is C6H10N2O2. The Morgan fingerprint density at radius 3 is 1.90 bits per heavy atom. The van der Waals surface area contributed by atoms with Crippen LogP contribution in [0.15, 0.2) is 10.4 Å². The molecule has 0 aromatic carbocycles. The number of rotatable bonds is 2. The summed E-state index contributed by atoms with van der Waals surface area (Å²) < 4.78 is 0. The second-order valence-corrected chi connectivity index (χ2v) is 2.69. The second kappa shape index (κ2) is 3.39. The van der Waals surface area contributed by atoms with E-state index in [1.165, 1.54) is 0 Å². The zero-order chi connectivity index (χ0) is 7.40. The summed E-state index contributed by atoms with van der Waals surface area (Å²) in [6.45, 7) is 0. The maximum atomic E-state index is 10.0. The van der Waals surface area contributed by atoms with Gasteiger partial charge in [-0.3, -0.25) is 0 Å². The summed E-state index contributed by atoms with van der Waals surface area (Å²) in [5, 5.41) is 5.79. The zero-order valence-electron chi connectivity index (χ0n) is 5.69.